The molecule has 0 aliphatic carbocycles. The standard InChI is InChI=1S/C14H16ClNO5/c15-10-3-1-2-4-11(10)21-9-12(17)16-7-5-14(20,6-8-16)13(18)19/h1-4,20H,5-9H2,(H,18,19). The molecular weight excluding hydrogens is 298 g/mol. The molecule has 6 nitrogen and oxygen atoms in total. The van der Waals surface area contributed by atoms with Gasteiger partial charge >= 0.3 is 5.97 Å². The Morgan fingerprint density at radius 3 is 2.48 bits per heavy atom. The molecule has 0 atom stereocenters. The number of para-hydroxylation sites is 1. The van der Waals surface area contributed by atoms with E-state index in [1.807, 2.05) is 0 Å². The highest BCUT2D eigenvalue weighted by Crippen LogP contribution is 2.24. The molecule has 1 aromatic rings. The zero-order chi connectivity index (χ0) is 15.5. The maximum absolute atomic E-state index is 12.0. The third kappa shape index (κ3) is 3.65. The predicted octanol–water partition coefficient (Wildman–Crippen LogP) is 1.16. The minimum atomic E-state index is -1.74. The molecule has 2 N–H and O–H groups in total. The Hall–Kier alpha value is -1.79. The lowest BCUT2D eigenvalue weighted by molar-refractivity contribution is -0.165. The number of carboxylic acid groups (broad SMARTS) is 1. The Kier molecular flexibility index (Phi) is 4.69. The van der Waals surface area contributed by atoms with Crippen molar-refractivity contribution in [1.82, 2.24) is 4.90 Å². The number of nitrogens with zero attached hydrogens (tertiary/aromatic N) is 1. The number of ether oxygens (including phenoxy) is 1. The number of piperidine rings is 1. The zero-order valence-electron chi connectivity index (χ0n) is 11.3. The van der Waals surface area contributed by atoms with E-state index in [0.717, 1.165) is 0 Å². The topological polar surface area (TPSA) is 87.1 Å². The number of carboxylic acids is 1. The molecule has 0 saturated carbocycles. The number of carbonyl (C=O) groups is 2. The van der Waals surface area contributed by atoms with Gasteiger partial charge in [-0.05, 0) is 12.1 Å². The Bertz CT molecular complexity index is 540. The van der Waals surface area contributed by atoms with Gasteiger partial charge in [0.1, 0.15) is 5.75 Å². The third-order valence-electron chi connectivity index (χ3n) is 3.53. The Morgan fingerprint density at radius 1 is 1.29 bits per heavy atom. The fourth-order valence-electron chi connectivity index (χ4n) is 2.13. The molecule has 1 aliphatic heterocycles. The van der Waals surface area contributed by atoms with Crippen molar-refractivity contribution in [3.05, 3.63) is 29.3 Å². The van der Waals surface area contributed by atoms with Gasteiger partial charge in [0.05, 0.1) is 5.02 Å². The van der Waals surface area contributed by atoms with Crippen LogP contribution in [0.15, 0.2) is 24.3 Å². The summed E-state index contributed by atoms with van der Waals surface area (Å²) < 4.78 is 5.35. The number of benzene rings is 1. The Morgan fingerprint density at radius 2 is 1.90 bits per heavy atom. The van der Waals surface area contributed by atoms with Gasteiger partial charge < -0.3 is 19.8 Å². The van der Waals surface area contributed by atoms with Gasteiger partial charge in [-0.15, -0.1) is 0 Å². The van der Waals surface area contributed by atoms with Crippen LogP contribution in [-0.2, 0) is 9.59 Å². The maximum atomic E-state index is 12.0. The summed E-state index contributed by atoms with van der Waals surface area (Å²) in [6.07, 6.45) is 0.0281. The summed E-state index contributed by atoms with van der Waals surface area (Å²) in [4.78, 5) is 24.4. The van der Waals surface area contributed by atoms with Crippen molar-refractivity contribution >= 4 is 23.5 Å². The average Bonchev–Trinajstić information content (AvgIpc) is 2.46. The molecule has 0 unspecified atom stereocenters. The fourth-order valence-corrected chi connectivity index (χ4v) is 2.32. The minimum absolute atomic E-state index is 0.0141. The summed E-state index contributed by atoms with van der Waals surface area (Å²) >= 11 is 5.92. The first kappa shape index (κ1) is 15.6. The van der Waals surface area contributed by atoms with Crippen molar-refractivity contribution in [2.24, 2.45) is 0 Å². The lowest BCUT2D eigenvalue weighted by Gasteiger charge is -2.35. The van der Waals surface area contributed by atoms with Gasteiger partial charge in [-0.1, -0.05) is 23.7 Å². The van der Waals surface area contributed by atoms with E-state index < -0.39 is 11.6 Å². The normalized spacial score (nSPS) is 17.3. The molecule has 114 valence electrons. The minimum Gasteiger partial charge on any atom is -0.482 e. The van der Waals surface area contributed by atoms with Crippen molar-refractivity contribution in [2.45, 2.75) is 18.4 Å². The van der Waals surface area contributed by atoms with E-state index in [0.29, 0.717) is 10.8 Å². The van der Waals surface area contributed by atoms with Crippen LogP contribution < -0.4 is 4.74 Å². The average molecular weight is 314 g/mol. The molecule has 1 heterocycles. The summed E-state index contributed by atoms with van der Waals surface area (Å²) in [5, 5.41) is 19.1. The van der Waals surface area contributed by atoms with Crippen LogP contribution in [0, 0.1) is 0 Å². The van der Waals surface area contributed by atoms with Crippen LogP contribution >= 0.6 is 11.6 Å². The predicted molar refractivity (Wildman–Crippen MR) is 75.3 cm³/mol. The number of hydrogen-bond acceptors (Lipinski definition) is 4. The molecule has 2 rings (SSSR count). The number of likely N-dealkylation sites (tertiary alicyclic amines) is 1. The first-order valence-electron chi connectivity index (χ1n) is 6.53. The van der Waals surface area contributed by atoms with Crippen molar-refractivity contribution in [1.29, 1.82) is 0 Å². The second-order valence-corrected chi connectivity index (χ2v) is 5.34. The largest absolute Gasteiger partial charge is 0.482 e. The molecule has 1 fully saturated rings. The molecular formula is C14H16ClNO5. The molecule has 7 heteroatoms. The maximum Gasteiger partial charge on any atom is 0.335 e. The molecule has 1 saturated heterocycles. The summed E-state index contributed by atoms with van der Waals surface area (Å²) in [5.41, 5.74) is -1.74. The summed E-state index contributed by atoms with van der Waals surface area (Å²) in [6.45, 7) is 0.205. The summed E-state index contributed by atoms with van der Waals surface area (Å²) in [5.74, 6) is -1.09. The van der Waals surface area contributed by atoms with Crippen LogP contribution in [0.5, 0.6) is 5.75 Å². The SMILES string of the molecule is O=C(COc1ccccc1Cl)N1CCC(O)(C(=O)O)CC1. The smallest absolute Gasteiger partial charge is 0.335 e. The van der Waals surface area contributed by atoms with Crippen LogP contribution in [0.25, 0.3) is 0 Å². The fraction of sp³-hybridized carbons (Fsp3) is 0.429. The Labute approximate surface area is 126 Å². The van der Waals surface area contributed by atoms with Crippen molar-refractivity contribution in [3.63, 3.8) is 0 Å². The highest BCUT2D eigenvalue weighted by atomic mass is 35.5. The van der Waals surface area contributed by atoms with E-state index in [4.69, 9.17) is 21.4 Å². The second kappa shape index (κ2) is 6.32. The van der Waals surface area contributed by atoms with Gasteiger partial charge in [0.15, 0.2) is 12.2 Å². The van der Waals surface area contributed by atoms with Gasteiger partial charge in [-0.2, -0.15) is 0 Å². The van der Waals surface area contributed by atoms with Gasteiger partial charge in [-0.3, -0.25) is 4.79 Å². The molecule has 0 bridgehead atoms. The van der Waals surface area contributed by atoms with E-state index in [9.17, 15) is 14.7 Å². The van der Waals surface area contributed by atoms with Gasteiger partial charge in [0, 0.05) is 25.9 Å². The van der Waals surface area contributed by atoms with E-state index in [2.05, 4.69) is 0 Å². The first-order valence-corrected chi connectivity index (χ1v) is 6.91. The number of amides is 1. The molecule has 0 radical (unpaired) electrons. The van der Waals surface area contributed by atoms with Crippen LogP contribution in [-0.4, -0.2) is 52.3 Å². The van der Waals surface area contributed by atoms with Crippen molar-refractivity contribution in [3.8, 4) is 5.75 Å². The van der Waals surface area contributed by atoms with Crippen LogP contribution in [0.1, 0.15) is 12.8 Å². The molecule has 1 amide bonds. The molecule has 0 spiro atoms. The molecule has 1 aliphatic rings. The number of rotatable bonds is 4. The van der Waals surface area contributed by atoms with Crippen molar-refractivity contribution < 1.29 is 24.5 Å². The molecule has 0 aromatic heterocycles. The number of halogens is 1. The second-order valence-electron chi connectivity index (χ2n) is 4.94. The van der Waals surface area contributed by atoms with Crippen LogP contribution in [0.2, 0.25) is 5.02 Å². The molecule has 21 heavy (non-hydrogen) atoms. The number of carbonyl (C=O) groups excluding carboxylic acids is 1. The number of aliphatic hydroxyl groups is 1. The number of hydrogen-bond donors (Lipinski definition) is 2. The van der Waals surface area contributed by atoms with Gasteiger partial charge in [-0.25, -0.2) is 4.79 Å². The summed E-state index contributed by atoms with van der Waals surface area (Å²) in [7, 11) is 0. The Balaban J connectivity index is 1.86. The van der Waals surface area contributed by atoms with Crippen molar-refractivity contribution in [2.75, 3.05) is 19.7 Å². The number of aliphatic carboxylic acids is 1. The van der Waals surface area contributed by atoms with E-state index in [1.165, 1.54) is 4.90 Å². The highest BCUT2D eigenvalue weighted by Gasteiger charge is 2.40. The quantitative estimate of drug-likeness (QED) is 0.871. The zero-order valence-corrected chi connectivity index (χ0v) is 12.0. The van der Waals surface area contributed by atoms with E-state index >= 15 is 0 Å². The third-order valence-corrected chi connectivity index (χ3v) is 3.84. The van der Waals surface area contributed by atoms with Gasteiger partial charge in [0.2, 0.25) is 0 Å². The molecule has 1 aromatic carbocycles. The lowest BCUT2D eigenvalue weighted by Crippen LogP contribution is -2.51. The highest BCUT2D eigenvalue weighted by molar-refractivity contribution is 6.32. The van der Waals surface area contributed by atoms with Gasteiger partial charge in [0.25, 0.3) is 5.91 Å². The summed E-state index contributed by atoms with van der Waals surface area (Å²) in [6, 6.07) is 6.83. The monoisotopic (exact) mass is 313 g/mol. The van der Waals surface area contributed by atoms with Crippen LogP contribution in [0.4, 0.5) is 0 Å². The first-order chi connectivity index (χ1) is 9.92. The lowest BCUT2D eigenvalue weighted by atomic mass is 9.92. The van der Waals surface area contributed by atoms with E-state index in [-0.39, 0.29) is 38.4 Å². The van der Waals surface area contributed by atoms with E-state index in [1.54, 1.807) is 24.3 Å². The van der Waals surface area contributed by atoms with Crippen LogP contribution in [0.3, 0.4) is 0 Å².